The molecule has 0 saturated heterocycles. The minimum Gasteiger partial charge on any atom is -0.347 e. The molecule has 3 heteroatoms. The molecule has 0 spiro atoms. The molecule has 1 heterocycles. The second-order valence-electron chi connectivity index (χ2n) is 2.31. The number of H-pyrrole nitrogens is 1. The maximum Gasteiger partial charge on any atom is 0.0922 e. The van der Waals surface area contributed by atoms with Crippen LogP contribution < -0.4 is 0 Å². The van der Waals surface area contributed by atoms with E-state index in [-0.39, 0.29) is 0 Å². The molecular weight excluding hydrogens is 114 g/mol. The van der Waals surface area contributed by atoms with Gasteiger partial charge < -0.3 is 9.88 Å². The van der Waals surface area contributed by atoms with Gasteiger partial charge in [0.25, 0.3) is 0 Å². The zero-order chi connectivity index (χ0) is 6.69. The zero-order valence-electron chi connectivity index (χ0n) is 5.76. The van der Waals surface area contributed by atoms with Crippen molar-refractivity contribution >= 4 is 0 Å². The maximum atomic E-state index is 3.89. The van der Waals surface area contributed by atoms with Gasteiger partial charge in [-0.15, -0.1) is 0 Å². The van der Waals surface area contributed by atoms with E-state index in [1.54, 1.807) is 6.33 Å². The molecule has 0 amide bonds. The molecule has 0 radical (unpaired) electrons. The van der Waals surface area contributed by atoms with Crippen LogP contribution in [0, 0.1) is 0 Å². The van der Waals surface area contributed by atoms with E-state index in [2.05, 4.69) is 14.9 Å². The van der Waals surface area contributed by atoms with E-state index >= 15 is 0 Å². The number of nitrogens with one attached hydrogen (secondary N) is 1. The molecule has 0 saturated carbocycles. The first-order chi connectivity index (χ1) is 4.29. The third-order valence-electron chi connectivity index (χ3n) is 1.04. The van der Waals surface area contributed by atoms with E-state index in [4.69, 9.17) is 0 Å². The van der Waals surface area contributed by atoms with Gasteiger partial charge in [-0.25, -0.2) is 4.98 Å². The smallest absolute Gasteiger partial charge is 0.0922 e. The highest BCUT2D eigenvalue weighted by molar-refractivity contribution is 4.92. The predicted molar refractivity (Wildman–Crippen MR) is 36.0 cm³/mol. The van der Waals surface area contributed by atoms with Crippen LogP contribution in [0.15, 0.2) is 12.5 Å². The third-order valence-corrected chi connectivity index (χ3v) is 1.04. The summed E-state index contributed by atoms with van der Waals surface area (Å²) in [6.45, 7) is 0.931. The Bertz CT molecular complexity index is 155. The normalized spacial score (nSPS) is 10.6. The molecule has 0 unspecified atom stereocenters. The first kappa shape index (κ1) is 6.29. The number of nitrogens with zero attached hydrogens (tertiary/aromatic N) is 2. The van der Waals surface area contributed by atoms with Gasteiger partial charge >= 0.3 is 0 Å². The van der Waals surface area contributed by atoms with Crippen LogP contribution in [0.3, 0.4) is 0 Å². The fourth-order valence-corrected chi connectivity index (χ4v) is 0.712. The first-order valence-electron chi connectivity index (χ1n) is 2.91. The van der Waals surface area contributed by atoms with Crippen LogP contribution in [-0.2, 0) is 6.54 Å². The molecule has 0 aliphatic heterocycles. The molecule has 0 bridgehead atoms. The van der Waals surface area contributed by atoms with Crippen LogP contribution in [0.4, 0.5) is 0 Å². The van der Waals surface area contributed by atoms with Gasteiger partial charge in [0.15, 0.2) is 0 Å². The first-order valence-corrected chi connectivity index (χ1v) is 2.91. The predicted octanol–water partition coefficient (Wildman–Crippen LogP) is 0.471. The SMILES string of the molecule is CN(C)Cc1cnc[nH]1. The number of hydrogen-bond acceptors (Lipinski definition) is 2. The van der Waals surface area contributed by atoms with Crippen molar-refractivity contribution in [3.8, 4) is 0 Å². The quantitative estimate of drug-likeness (QED) is 0.623. The van der Waals surface area contributed by atoms with Crippen molar-refractivity contribution in [1.82, 2.24) is 14.9 Å². The van der Waals surface area contributed by atoms with E-state index in [1.807, 2.05) is 20.3 Å². The van der Waals surface area contributed by atoms with Crippen molar-refractivity contribution in [2.75, 3.05) is 14.1 Å². The fourth-order valence-electron chi connectivity index (χ4n) is 0.712. The summed E-state index contributed by atoms with van der Waals surface area (Å²) >= 11 is 0. The standard InChI is InChI=1S/C6H11N3/c1-9(2)4-6-3-7-5-8-6/h3,5H,4H2,1-2H3,(H,7,8). The highest BCUT2D eigenvalue weighted by atomic mass is 15.1. The Morgan fingerprint density at radius 3 is 2.89 bits per heavy atom. The summed E-state index contributed by atoms with van der Waals surface area (Å²) in [5, 5.41) is 0. The molecule has 1 N–H and O–H groups in total. The molecule has 3 nitrogen and oxygen atoms in total. The second-order valence-corrected chi connectivity index (χ2v) is 2.31. The van der Waals surface area contributed by atoms with Crippen molar-refractivity contribution in [2.24, 2.45) is 0 Å². The van der Waals surface area contributed by atoms with E-state index in [9.17, 15) is 0 Å². The van der Waals surface area contributed by atoms with Crippen molar-refractivity contribution in [3.05, 3.63) is 18.2 Å². The van der Waals surface area contributed by atoms with Gasteiger partial charge in [0.2, 0.25) is 0 Å². The van der Waals surface area contributed by atoms with Crippen LogP contribution in [-0.4, -0.2) is 29.0 Å². The Morgan fingerprint density at radius 1 is 1.67 bits per heavy atom. The van der Waals surface area contributed by atoms with Gasteiger partial charge in [0.1, 0.15) is 0 Å². The fraction of sp³-hybridized carbons (Fsp3) is 0.500. The number of imidazole rings is 1. The van der Waals surface area contributed by atoms with Crippen LogP contribution in [0.1, 0.15) is 5.69 Å². The van der Waals surface area contributed by atoms with Gasteiger partial charge in [-0.3, -0.25) is 0 Å². The molecule has 0 fully saturated rings. The number of rotatable bonds is 2. The number of hydrogen-bond donors (Lipinski definition) is 1. The Labute approximate surface area is 54.7 Å². The van der Waals surface area contributed by atoms with E-state index < -0.39 is 0 Å². The van der Waals surface area contributed by atoms with Crippen molar-refractivity contribution in [2.45, 2.75) is 6.54 Å². The minimum absolute atomic E-state index is 0.931. The third kappa shape index (κ3) is 1.85. The molecule has 0 aliphatic rings. The van der Waals surface area contributed by atoms with Crippen LogP contribution in [0.25, 0.3) is 0 Å². The largest absolute Gasteiger partial charge is 0.347 e. The molecule has 1 aromatic heterocycles. The lowest BCUT2D eigenvalue weighted by Gasteiger charge is -2.05. The molecule has 50 valence electrons. The van der Waals surface area contributed by atoms with E-state index in [1.165, 1.54) is 0 Å². The van der Waals surface area contributed by atoms with Crippen LogP contribution in [0.2, 0.25) is 0 Å². The lowest BCUT2D eigenvalue weighted by atomic mass is 10.4. The molecule has 0 aromatic carbocycles. The summed E-state index contributed by atoms with van der Waals surface area (Å²) in [6.07, 6.45) is 3.53. The molecule has 9 heavy (non-hydrogen) atoms. The van der Waals surface area contributed by atoms with Crippen LogP contribution in [0.5, 0.6) is 0 Å². The Balaban J connectivity index is 2.48. The molecule has 1 rings (SSSR count). The summed E-state index contributed by atoms with van der Waals surface area (Å²) in [5.74, 6) is 0. The van der Waals surface area contributed by atoms with Gasteiger partial charge in [-0.2, -0.15) is 0 Å². The number of aromatic amines is 1. The minimum atomic E-state index is 0.931. The molecule has 0 atom stereocenters. The lowest BCUT2D eigenvalue weighted by molar-refractivity contribution is 0.397. The maximum absolute atomic E-state index is 3.89. The van der Waals surface area contributed by atoms with Gasteiger partial charge in [0.05, 0.1) is 6.33 Å². The van der Waals surface area contributed by atoms with E-state index in [0.717, 1.165) is 12.2 Å². The average molecular weight is 125 g/mol. The summed E-state index contributed by atoms with van der Waals surface area (Å²) in [7, 11) is 4.06. The Hall–Kier alpha value is -0.830. The summed E-state index contributed by atoms with van der Waals surface area (Å²) in [5.41, 5.74) is 1.15. The topological polar surface area (TPSA) is 31.9 Å². The summed E-state index contributed by atoms with van der Waals surface area (Å²) in [6, 6.07) is 0. The van der Waals surface area contributed by atoms with Crippen LogP contribution >= 0.6 is 0 Å². The van der Waals surface area contributed by atoms with Gasteiger partial charge in [0, 0.05) is 18.4 Å². The molecule has 0 aliphatic carbocycles. The van der Waals surface area contributed by atoms with Gasteiger partial charge in [-0.1, -0.05) is 0 Å². The van der Waals surface area contributed by atoms with Gasteiger partial charge in [-0.05, 0) is 14.1 Å². The molecular formula is C6H11N3. The average Bonchev–Trinajstić information content (AvgIpc) is 2.15. The van der Waals surface area contributed by atoms with Crippen molar-refractivity contribution in [3.63, 3.8) is 0 Å². The summed E-state index contributed by atoms with van der Waals surface area (Å²) in [4.78, 5) is 9.00. The highest BCUT2D eigenvalue weighted by Crippen LogP contribution is 1.92. The Kier molecular flexibility index (Phi) is 1.85. The van der Waals surface area contributed by atoms with Crippen molar-refractivity contribution in [1.29, 1.82) is 0 Å². The second kappa shape index (κ2) is 2.64. The zero-order valence-corrected chi connectivity index (χ0v) is 5.76. The lowest BCUT2D eigenvalue weighted by Crippen LogP contribution is -2.10. The monoisotopic (exact) mass is 125 g/mol. The number of aromatic nitrogens is 2. The molecule has 1 aromatic rings. The summed E-state index contributed by atoms with van der Waals surface area (Å²) < 4.78 is 0. The van der Waals surface area contributed by atoms with E-state index in [0.29, 0.717) is 0 Å². The van der Waals surface area contributed by atoms with Crippen molar-refractivity contribution < 1.29 is 0 Å². The highest BCUT2D eigenvalue weighted by Gasteiger charge is 1.92. The Morgan fingerprint density at radius 2 is 2.44 bits per heavy atom.